The van der Waals surface area contributed by atoms with Crippen molar-refractivity contribution < 1.29 is 38.5 Å². The molecule has 0 bridgehead atoms. The summed E-state index contributed by atoms with van der Waals surface area (Å²) in [7, 11) is 0. The summed E-state index contributed by atoms with van der Waals surface area (Å²) < 4.78 is 17.1. The SMILES string of the molecule is CCCCCCCCCCCCCCCC(=O)OCCC(CSC[C@H](NC(=O)OCC1c2ccccc2-c2ccccc21)C(=O)O)OC(=O)CCCCCCCCCCCCCCC. The number of hydrogen-bond acceptors (Lipinski definition) is 8. The van der Waals surface area contributed by atoms with Gasteiger partial charge in [-0.05, 0) is 35.1 Å². The number of ether oxygens (including phenoxy) is 3. The quantitative estimate of drug-likeness (QED) is 0.0381. The van der Waals surface area contributed by atoms with Crippen molar-refractivity contribution in [2.45, 2.75) is 218 Å². The van der Waals surface area contributed by atoms with Crippen molar-refractivity contribution in [3.63, 3.8) is 0 Å². The van der Waals surface area contributed by atoms with Crippen molar-refractivity contribution in [1.82, 2.24) is 5.32 Å². The van der Waals surface area contributed by atoms with Crippen LogP contribution in [-0.2, 0) is 28.6 Å². The molecule has 0 aliphatic heterocycles. The van der Waals surface area contributed by atoms with Crippen LogP contribution in [-0.4, -0.2) is 66.0 Å². The second-order valence-electron chi connectivity index (χ2n) is 18.0. The minimum Gasteiger partial charge on any atom is -0.480 e. The zero-order valence-corrected chi connectivity index (χ0v) is 40.7. The van der Waals surface area contributed by atoms with Crippen LogP contribution in [0.1, 0.15) is 217 Å². The van der Waals surface area contributed by atoms with Crippen LogP contribution < -0.4 is 5.32 Å². The van der Waals surface area contributed by atoms with Crippen molar-refractivity contribution in [2.75, 3.05) is 24.7 Å². The molecule has 1 aliphatic rings. The summed E-state index contributed by atoms with van der Waals surface area (Å²) in [5.74, 6) is -1.51. The molecule has 3 rings (SSSR count). The molecule has 2 aromatic rings. The minimum absolute atomic E-state index is 0.0469. The first-order chi connectivity index (χ1) is 31.3. The van der Waals surface area contributed by atoms with Crippen LogP contribution in [0.4, 0.5) is 4.79 Å². The Morgan fingerprint density at radius 2 is 0.984 bits per heavy atom. The van der Waals surface area contributed by atoms with Crippen LogP contribution in [0.5, 0.6) is 0 Å². The molecule has 10 heteroatoms. The Morgan fingerprint density at radius 3 is 1.44 bits per heavy atom. The summed E-state index contributed by atoms with van der Waals surface area (Å²) >= 11 is 1.28. The smallest absolute Gasteiger partial charge is 0.407 e. The highest BCUT2D eigenvalue weighted by atomic mass is 32.2. The molecule has 9 nitrogen and oxygen atoms in total. The van der Waals surface area contributed by atoms with Crippen LogP contribution in [0.2, 0.25) is 0 Å². The number of carboxylic acid groups (broad SMARTS) is 1. The molecule has 360 valence electrons. The average Bonchev–Trinajstić information content (AvgIpc) is 3.61. The number of esters is 2. The molecule has 0 radical (unpaired) electrons. The summed E-state index contributed by atoms with van der Waals surface area (Å²) in [5.41, 5.74) is 4.36. The van der Waals surface area contributed by atoms with E-state index in [4.69, 9.17) is 14.2 Å². The summed E-state index contributed by atoms with van der Waals surface area (Å²) in [6.45, 7) is 4.70. The first-order valence-corrected chi connectivity index (χ1v) is 26.8. The lowest BCUT2D eigenvalue weighted by Crippen LogP contribution is -2.43. The van der Waals surface area contributed by atoms with E-state index < -0.39 is 24.2 Å². The molecule has 0 spiro atoms. The number of amides is 1. The normalized spacial score (nSPS) is 12.9. The third kappa shape index (κ3) is 24.1. The van der Waals surface area contributed by atoms with Crippen LogP contribution in [0.25, 0.3) is 11.1 Å². The lowest BCUT2D eigenvalue weighted by atomic mass is 9.98. The van der Waals surface area contributed by atoms with E-state index in [0.717, 1.165) is 60.8 Å². The molecule has 0 aromatic heterocycles. The Labute approximate surface area is 391 Å². The second kappa shape index (κ2) is 35.7. The fourth-order valence-corrected chi connectivity index (χ4v) is 9.74. The predicted octanol–water partition coefficient (Wildman–Crippen LogP) is 14.5. The lowest BCUT2D eigenvalue weighted by molar-refractivity contribution is -0.150. The number of hydrogen-bond donors (Lipinski definition) is 2. The van der Waals surface area contributed by atoms with Crippen LogP contribution in [0, 0.1) is 0 Å². The standard InChI is InChI=1S/C54H85NO8S/c1-3-5-7-9-11-13-15-17-19-21-23-25-27-37-51(56)61-40-39-44(63-52(57)38-28-26-24-22-20-18-16-14-12-10-8-6-4-2)42-64-43-50(53(58)59)55-54(60)62-41-49-47-35-31-29-33-45(47)46-34-30-32-36-48(46)49/h29-36,44,49-50H,3-28,37-43H2,1-2H3,(H,55,60)(H,58,59)/t44?,50-/m0/s1. The molecule has 1 aliphatic carbocycles. The number of carboxylic acids is 1. The van der Waals surface area contributed by atoms with Crippen LogP contribution >= 0.6 is 11.8 Å². The van der Waals surface area contributed by atoms with Crippen molar-refractivity contribution in [2.24, 2.45) is 0 Å². The molecule has 0 fully saturated rings. The predicted molar refractivity (Wildman–Crippen MR) is 263 cm³/mol. The van der Waals surface area contributed by atoms with Gasteiger partial charge in [0.1, 0.15) is 18.8 Å². The zero-order chi connectivity index (χ0) is 45.9. The maximum atomic E-state index is 13.0. The van der Waals surface area contributed by atoms with E-state index in [0.29, 0.717) is 25.0 Å². The molecule has 2 atom stereocenters. The van der Waals surface area contributed by atoms with Gasteiger partial charge >= 0.3 is 24.0 Å². The largest absolute Gasteiger partial charge is 0.480 e. The van der Waals surface area contributed by atoms with Gasteiger partial charge in [-0.25, -0.2) is 9.59 Å². The fourth-order valence-electron chi connectivity index (χ4n) is 8.65. The number of aliphatic carboxylic acids is 1. The first kappa shape index (κ1) is 54.8. The van der Waals surface area contributed by atoms with E-state index in [1.807, 2.05) is 36.4 Å². The number of unbranched alkanes of at least 4 members (excludes halogenated alkanes) is 24. The van der Waals surface area contributed by atoms with E-state index in [2.05, 4.69) is 31.3 Å². The van der Waals surface area contributed by atoms with Gasteiger partial charge in [-0.15, -0.1) is 0 Å². The molecule has 0 heterocycles. The van der Waals surface area contributed by atoms with Gasteiger partial charge in [0.25, 0.3) is 0 Å². The summed E-state index contributed by atoms with van der Waals surface area (Å²) in [6.07, 6.45) is 31.7. The number of benzene rings is 2. The number of carbonyl (C=O) groups is 4. The molecule has 0 saturated carbocycles. The highest BCUT2D eigenvalue weighted by Crippen LogP contribution is 2.44. The molecule has 2 N–H and O–H groups in total. The van der Waals surface area contributed by atoms with Gasteiger partial charge in [0.15, 0.2) is 0 Å². The number of alkyl carbamates (subject to hydrolysis) is 1. The highest BCUT2D eigenvalue weighted by Gasteiger charge is 2.30. The fraction of sp³-hybridized carbons (Fsp3) is 0.704. The second-order valence-corrected chi connectivity index (χ2v) is 19.1. The first-order valence-electron chi connectivity index (χ1n) is 25.6. The van der Waals surface area contributed by atoms with Gasteiger partial charge in [-0.1, -0.05) is 216 Å². The number of carbonyl (C=O) groups excluding carboxylic acids is 3. The van der Waals surface area contributed by atoms with E-state index in [9.17, 15) is 24.3 Å². The van der Waals surface area contributed by atoms with Gasteiger partial charge in [0.2, 0.25) is 0 Å². The number of nitrogens with one attached hydrogen (secondary N) is 1. The maximum Gasteiger partial charge on any atom is 0.407 e. The van der Waals surface area contributed by atoms with E-state index >= 15 is 0 Å². The van der Waals surface area contributed by atoms with Crippen LogP contribution in [0.3, 0.4) is 0 Å². The highest BCUT2D eigenvalue weighted by molar-refractivity contribution is 7.99. The summed E-state index contributed by atoms with van der Waals surface area (Å²) in [4.78, 5) is 50.7. The Kier molecular flexibility index (Phi) is 30.6. The zero-order valence-electron chi connectivity index (χ0n) is 39.9. The van der Waals surface area contributed by atoms with Gasteiger partial charge in [0.05, 0.1) is 6.61 Å². The molecular formula is C54H85NO8S. The van der Waals surface area contributed by atoms with Crippen molar-refractivity contribution >= 4 is 35.8 Å². The number of fused-ring (bicyclic) bond motifs is 3. The lowest BCUT2D eigenvalue weighted by Gasteiger charge is -2.20. The molecule has 2 aromatic carbocycles. The molecular weight excluding hydrogens is 823 g/mol. The maximum absolute atomic E-state index is 13.0. The third-order valence-electron chi connectivity index (χ3n) is 12.5. The molecule has 0 saturated heterocycles. The summed E-state index contributed by atoms with van der Waals surface area (Å²) in [6, 6.07) is 14.9. The summed E-state index contributed by atoms with van der Waals surface area (Å²) in [5, 5.41) is 12.5. The van der Waals surface area contributed by atoms with Crippen molar-refractivity contribution in [3.8, 4) is 11.1 Å². The monoisotopic (exact) mass is 908 g/mol. The Bertz CT molecular complexity index is 1520. The van der Waals surface area contributed by atoms with E-state index in [1.54, 1.807) is 0 Å². The van der Waals surface area contributed by atoms with Gasteiger partial charge in [-0.2, -0.15) is 11.8 Å². The van der Waals surface area contributed by atoms with Gasteiger partial charge in [0, 0.05) is 36.7 Å². The number of thioether (sulfide) groups is 1. The Hall–Kier alpha value is -3.53. The van der Waals surface area contributed by atoms with Crippen molar-refractivity contribution in [3.05, 3.63) is 59.7 Å². The third-order valence-corrected chi connectivity index (χ3v) is 13.7. The van der Waals surface area contributed by atoms with E-state index in [1.165, 1.54) is 140 Å². The molecule has 1 unspecified atom stereocenters. The van der Waals surface area contributed by atoms with E-state index in [-0.39, 0.29) is 36.8 Å². The minimum atomic E-state index is -1.21. The molecule has 64 heavy (non-hydrogen) atoms. The van der Waals surface area contributed by atoms with Crippen LogP contribution in [0.15, 0.2) is 48.5 Å². The molecule has 1 amide bonds. The van der Waals surface area contributed by atoms with Gasteiger partial charge in [-0.3, -0.25) is 9.59 Å². The van der Waals surface area contributed by atoms with Crippen molar-refractivity contribution in [1.29, 1.82) is 0 Å². The Balaban J connectivity index is 1.37. The Morgan fingerprint density at radius 1 is 0.562 bits per heavy atom. The number of rotatable bonds is 40. The topological polar surface area (TPSA) is 128 Å². The average molecular weight is 908 g/mol. The van der Waals surface area contributed by atoms with Gasteiger partial charge < -0.3 is 24.6 Å².